The normalized spacial score (nSPS) is 9.00. The minimum atomic E-state index is -0.856. The SMILES string of the molecule is Br.O=C(O)CCCNC(=O)c1cccnc1. The van der Waals surface area contributed by atoms with Gasteiger partial charge in [0.25, 0.3) is 5.91 Å². The molecule has 16 heavy (non-hydrogen) atoms. The van der Waals surface area contributed by atoms with Crippen LogP contribution in [0.2, 0.25) is 0 Å². The fourth-order valence-electron chi connectivity index (χ4n) is 1.04. The van der Waals surface area contributed by atoms with Gasteiger partial charge in [0.05, 0.1) is 5.56 Å². The molecule has 0 aliphatic heterocycles. The first-order chi connectivity index (χ1) is 7.20. The molecule has 0 aliphatic carbocycles. The summed E-state index contributed by atoms with van der Waals surface area (Å²) in [5.41, 5.74) is 0.479. The van der Waals surface area contributed by atoms with E-state index in [1.54, 1.807) is 18.3 Å². The number of nitrogens with zero attached hydrogens (tertiary/aromatic N) is 1. The van der Waals surface area contributed by atoms with Crippen molar-refractivity contribution in [2.24, 2.45) is 0 Å². The third-order valence-corrected chi connectivity index (χ3v) is 1.78. The Hall–Kier alpha value is -1.43. The minimum absolute atomic E-state index is 0. The van der Waals surface area contributed by atoms with Crippen molar-refractivity contribution in [2.75, 3.05) is 6.54 Å². The molecule has 0 fully saturated rings. The highest BCUT2D eigenvalue weighted by atomic mass is 79.9. The Morgan fingerprint density at radius 2 is 2.19 bits per heavy atom. The maximum Gasteiger partial charge on any atom is 0.303 e. The van der Waals surface area contributed by atoms with Gasteiger partial charge in [0.15, 0.2) is 0 Å². The van der Waals surface area contributed by atoms with Crippen molar-refractivity contribution in [3.05, 3.63) is 30.1 Å². The van der Waals surface area contributed by atoms with E-state index in [-0.39, 0.29) is 29.3 Å². The second kappa shape index (κ2) is 7.81. The number of hydrogen-bond acceptors (Lipinski definition) is 3. The molecule has 88 valence electrons. The molecule has 0 bridgehead atoms. The number of amides is 1. The van der Waals surface area contributed by atoms with Crippen LogP contribution in [0.4, 0.5) is 0 Å². The van der Waals surface area contributed by atoms with Crippen LogP contribution in [-0.2, 0) is 4.79 Å². The number of halogens is 1. The summed E-state index contributed by atoms with van der Waals surface area (Å²) < 4.78 is 0. The van der Waals surface area contributed by atoms with Gasteiger partial charge in [-0.2, -0.15) is 0 Å². The predicted molar refractivity (Wildman–Crippen MR) is 63.8 cm³/mol. The standard InChI is InChI=1S/C10H12N2O3.BrH/c13-9(14)4-2-6-12-10(15)8-3-1-5-11-7-8;/h1,3,5,7H,2,4,6H2,(H,12,15)(H,13,14);1H. The first-order valence-electron chi connectivity index (χ1n) is 4.60. The summed E-state index contributed by atoms with van der Waals surface area (Å²) >= 11 is 0. The lowest BCUT2D eigenvalue weighted by Gasteiger charge is -2.02. The van der Waals surface area contributed by atoms with Crippen molar-refractivity contribution >= 4 is 28.9 Å². The van der Waals surface area contributed by atoms with Crippen LogP contribution < -0.4 is 5.32 Å². The van der Waals surface area contributed by atoms with Gasteiger partial charge in [0, 0.05) is 25.4 Å². The second-order valence-corrected chi connectivity index (χ2v) is 2.99. The highest BCUT2D eigenvalue weighted by Crippen LogP contribution is 1.95. The Morgan fingerprint density at radius 1 is 1.44 bits per heavy atom. The number of carboxylic acids is 1. The van der Waals surface area contributed by atoms with E-state index < -0.39 is 5.97 Å². The van der Waals surface area contributed by atoms with Crippen LogP contribution in [0.3, 0.4) is 0 Å². The van der Waals surface area contributed by atoms with Gasteiger partial charge in [0.1, 0.15) is 0 Å². The summed E-state index contributed by atoms with van der Waals surface area (Å²) in [5, 5.41) is 11.0. The maximum atomic E-state index is 11.4. The van der Waals surface area contributed by atoms with Crippen molar-refractivity contribution in [2.45, 2.75) is 12.8 Å². The zero-order valence-electron chi connectivity index (χ0n) is 8.55. The molecule has 1 aromatic rings. The van der Waals surface area contributed by atoms with Crippen molar-refractivity contribution in [1.29, 1.82) is 0 Å². The van der Waals surface area contributed by atoms with Crippen LogP contribution in [0.25, 0.3) is 0 Å². The molecular weight excluding hydrogens is 276 g/mol. The number of hydrogen-bond donors (Lipinski definition) is 2. The zero-order valence-corrected chi connectivity index (χ0v) is 10.3. The number of carbonyl (C=O) groups is 2. The lowest BCUT2D eigenvalue weighted by Crippen LogP contribution is -2.24. The predicted octanol–water partition coefficient (Wildman–Crippen LogP) is 1.25. The first-order valence-corrected chi connectivity index (χ1v) is 4.60. The maximum absolute atomic E-state index is 11.4. The summed E-state index contributed by atoms with van der Waals surface area (Å²) in [6.07, 6.45) is 3.54. The highest BCUT2D eigenvalue weighted by Gasteiger charge is 2.04. The molecule has 0 unspecified atom stereocenters. The molecule has 0 saturated carbocycles. The van der Waals surface area contributed by atoms with Gasteiger partial charge >= 0.3 is 5.97 Å². The molecule has 2 N–H and O–H groups in total. The highest BCUT2D eigenvalue weighted by molar-refractivity contribution is 8.93. The number of carboxylic acid groups (broad SMARTS) is 1. The Kier molecular flexibility index (Phi) is 7.11. The molecule has 0 aromatic carbocycles. The average Bonchev–Trinajstić information content (AvgIpc) is 2.25. The smallest absolute Gasteiger partial charge is 0.303 e. The Bertz CT molecular complexity index is 343. The third-order valence-electron chi connectivity index (χ3n) is 1.78. The summed E-state index contributed by atoms with van der Waals surface area (Å²) in [4.78, 5) is 25.4. The van der Waals surface area contributed by atoms with Crippen molar-refractivity contribution in [3.63, 3.8) is 0 Å². The fraction of sp³-hybridized carbons (Fsp3) is 0.300. The van der Waals surface area contributed by atoms with Crippen LogP contribution in [0.15, 0.2) is 24.5 Å². The van der Waals surface area contributed by atoms with E-state index in [2.05, 4.69) is 10.3 Å². The van der Waals surface area contributed by atoms with Crippen molar-refractivity contribution < 1.29 is 14.7 Å². The lowest BCUT2D eigenvalue weighted by molar-refractivity contribution is -0.137. The van der Waals surface area contributed by atoms with Gasteiger partial charge in [-0.3, -0.25) is 14.6 Å². The third kappa shape index (κ3) is 5.45. The van der Waals surface area contributed by atoms with Gasteiger partial charge in [-0.1, -0.05) is 0 Å². The summed E-state index contributed by atoms with van der Waals surface area (Å²) in [5.74, 6) is -1.08. The molecule has 6 heteroatoms. The molecule has 5 nitrogen and oxygen atoms in total. The number of pyridine rings is 1. The minimum Gasteiger partial charge on any atom is -0.481 e. The summed E-state index contributed by atoms with van der Waals surface area (Å²) in [6.45, 7) is 0.361. The largest absolute Gasteiger partial charge is 0.481 e. The van der Waals surface area contributed by atoms with Crippen LogP contribution in [0.5, 0.6) is 0 Å². The van der Waals surface area contributed by atoms with Gasteiger partial charge in [0.2, 0.25) is 0 Å². The van der Waals surface area contributed by atoms with E-state index in [0.29, 0.717) is 18.5 Å². The number of rotatable bonds is 5. The van der Waals surface area contributed by atoms with Gasteiger partial charge in [-0.25, -0.2) is 0 Å². The molecular formula is C10H13BrN2O3. The summed E-state index contributed by atoms with van der Waals surface area (Å²) in [7, 11) is 0. The molecule has 0 saturated heterocycles. The van der Waals surface area contributed by atoms with E-state index >= 15 is 0 Å². The fourth-order valence-corrected chi connectivity index (χ4v) is 1.04. The van der Waals surface area contributed by atoms with Crippen molar-refractivity contribution in [1.82, 2.24) is 10.3 Å². The average molecular weight is 289 g/mol. The summed E-state index contributed by atoms with van der Waals surface area (Å²) in [6, 6.07) is 3.33. The quantitative estimate of drug-likeness (QED) is 0.800. The zero-order chi connectivity index (χ0) is 11.1. The van der Waals surface area contributed by atoms with E-state index in [1.807, 2.05) is 0 Å². The van der Waals surface area contributed by atoms with Crippen molar-refractivity contribution in [3.8, 4) is 0 Å². The number of carbonyl (C=O) groups excluding carboxylic acids is 1. The van der Waals surface area contributed by atoms with Gasteiger partial charge in [-0.15, -0.1) is 17.0 Å². The van der Waals surface area contributed by atoms with Gasteiger partial charge < -0.3 is 10.4 Å². The van der Waals surface area contributed by atoms with Gasteiger partial charge in [-0.05, 0) is 18.6 Å². The number of aromatic nitrogens is 1. The molecule has 1 rings (SSSR count). The molecule has 1 aromatic heterocycles. The first kappa shape index (κ1) is 14.6. The molecule has 0 aliphatic rings. The van der Waals surface area contributed by atoms with Crippen LogP contribution in [0.1, 0.15) is 23.2 Å². The topological polar surface area (TPSA) is 79.3 Å². The Morgan fingerprint density at radius 3 is 2.75 bits per heavy atom. The van der Waals surface area contributed by atoms with Crippen LogP contribution in [-0.4, -0.2) is 28.5 Å². The number of nitrogens with one attached hydrogen (secondary N) is 1. The number of aliphatic carboxylic acids is 1. The Balaban J connectivity index is 0.00000225. The molecule has 0 radical (unpaired) electrons. The van der Waals surface area contributed by atoms with E-state index in [9.17, 15) is 9.59 Å². The van der Waals surface area contributed by atoms with E-state index in [1.165, 1.54) is 6.20 Å². The van der Waals surface area contributed by atoms with Crippen LogP contribution >= 0.6 is 17.0 Å². The molecule has 1 amide bonds. The second-order valence-electron chi connectivity index (χ2n) is 2.99. The van der Waals surface area contributed by atoms with E-state index in [4.69, 9.17) is 5.11 Å². The Labute approximate surface area is 104 Å². The molecule has 1 heterocycles. The van der Waals surface area contributed by atoms with Crippen LogP contribution in [0, 0.1) is 0 Å². The monoisotopic (exact) mass is 288 g/mol. The van der Waals surface area contributed by atoms with E-state index in [0.717, 1.165) is 0 Å². The lowest BCUT2D eigenvalue weighted by atomic mass is 10.2. The molecule has 0 spiro atoms. The molecule has 0 atom stereocenters.